The molecule has 1 rings (SSSR count). The van der Waals surface area contributed by atoms with Crippen molar-refractivity contribution in [2.75, 3.05) is 6.54 Å². The Labute approximate surface area is 94.4 Å². The third kappa shape index (κ3) is 3.44. The highest BCUT2D eigenvalue weighted by Gasteiger charge is 2.14. The molecule has 1 atom stereocenters. The molecule has 82 valence electrons. The first-order valence-electron chi connectivity index (χ1n) is 4.84. The smallest absolute Gasteiger partial charge is 0.260 e. The summed E-state index contributed by atoms with van der Waals surface area (Å²) in [5.74, 6) is 0.385. The predicted octanol–water partition coefficient (Wildman–Crippen LogP) is 2.24. The molecule has 1 N–H and O–H groups in total. The molecule has 1 amide bonds. The summed E-state index contributed by atoms with van der Waals surface area (Å²) in [6.45, 7) is 4.14. The van der Waals surface area contributed by atoms with Gasteiger partial charge in [-0.05, 0) is 26.0 Å². The number of rotatable bonds is 4. The van der Waals surface area contributed by atoms with Gasteiger partial charge in [0, 0.05) is 6.54 Å². The summed E-state index contributed by atoms with van der Waals surface area (Å²) in [6.07, 6.45) is -0.537. The Morgan fingerprint density at radius 3 is 2.80 bits per heavy atom. The molecule has 0 unspecified atom stereocenters. The van der Waals surface area contributed by atoms with Crippen LogP contribution in [0.2, 0.25) is 5.02 Å². The van der Waals surface area contributed by atoms with Gasteiger partial charge in [0.2, 0.25) is 0 Å². The number of ether oxygens (including phenoxy) is 1. The second-order valence-corrected chi connectivity index (χ2v) is 3.49. The van der Waals surface area contributed by atoms with E-state index in [0.717, 1.165) is 0 Å². The highest BCUT2D eigenvalue weighted by molar-refractivity contribution is 6.32. The first-order chi connectivity index (χ1) is 7.15. The first-order valence-corrected chi connectivity index (χ1v) is 5.21. The van der Waals surface area contributed by atoms with Crippen LogP contribution in [-0.2, 0) is 4.79 Å². The van der Waals surface area contributed by atoms with Gasteiger partial charge in [-0.25, -0.2) is 0 Å². The molecule has 0 radical (unpaired) electrons. The molecule has 0 aromatic heterocycles. The van der Waals surface area contributed by atoms with Crippen molar-refractivity contribution in [3.05, 3.63) is 29.3 Å². The fourth-order valence-electron chi connectivity index (χ4n) is 1.10. The molecule has 0 aliphatic heterocycles. The van der Waals surface area contributed by atoms with Crippen LogP contribution in [0.25, 0.3) is 0 Å². The van der Waals surface area contributed by atoms with E-state index in [0.29, 0.717) is 17.3 Å². The lowest BCUT2D eigenvalue weighted by atomic mass is 10.3. The molecule has 0 aliphatic rings. The minimum absolute atomic E-state index is 0.141. The molecule has 0 aliphatic carbocycles. The van der Waals surface area contributed by atoms with Gasteiger partial charge in [-0.2, -0.15) is 0 Å². The Bertz CT molecular complexity index is 341. The monoisotopic (exact) mass is 227 g/mol. The van der Waals surface area contributed by atoms with Crippen molar-refractivity contribution < 1.29 is 9.53 Å². The van der Waals surface area contributed by atoms with E-state index in [1.54, 1.807) is 19.1 Å². The molecule has 15 heavy (non-hydrogen) atoms. The van der Waals surface area contributed by atoms with Crippen molar-refractivity contribution in [1.29, 1.82) is 0 Å². The van der Waals surface area contributed by atoms with Crippen molar-refractivity contribution in [2.24, 2.45) is 0 Å². The van der Waals surface area contributed by atoms with E-state index in [1.165, 1.54) is 0 Å². The van der Waals surface area contributed by atoms with Gasteiger partial charge in [0.25, 0.3) is 5.91 Å². The number of halogens is 1. The molecule has 3 nitrogen and oxygen atoms in total. The zero-order valence-corrected chi connectivity index (χ0v) is 9.54. The summed E-state index contributed by atoms with van der Waals surface area (Å²) in [7, 11) is 0. The number of carbonyl (C=O) groups excluding carboxylic acids is 1. The summed E-state index contributed by atoms with van der Waals surface area (Å²) >= 11 is 5.89. The number of para-hydroxylation sites is 1. The largest absolute Gasteiger partial charge is 0.479 e. The van der Waals surface area contributed by atoms with Gasteiger partial charge < -0.3 is 10.1 Å². The SMILES string of the molecule is CCNC(=O)[C@@H](C)Oc1ccccc1Cl. The van der Waals surface area contributed by atoms with E-state index in [1.807, 2.05) is 19.1 Å². The zero-order valence-electron chi connectivity index (χ0n) is 8.79. The van der Waals surface area contributed by atoms with Crippen LogP contribution in [-0.4, -0.2) is 18.6 Å². The maximum atomic E-state index is 11.4. The van der Waals surface area contributed by atoms with Gasteiger partial charge in [0.15, 0.2) is 6.10 Å². The van der Waals surface area contributed by atoms with Crippen molar-refractivity contribution in [3.8, 4) is 5.75 Å². The van der Waals surface area contributed by atoms with Gasteiger partial charge in [-0.3, -0.25) is 4.79 Å². The summed E-state index contributed by atoms with van der Waals surface area (Å²) in [5.41, 5.74) is 0. The summed E-state index contributed by atoms with van der Waals surface area (Å²) in [6, 6.07) is 7.08. The van der Waals surface area contributed by atoms with E-state index in [2.05, 4.69) is 5.32 Å². The molecule has 0 heterocycles. The lowest BCUT2D eigenvalue weighted by Gasteiger charge is -2.14. The molecular weight excluding hydrogens is 214 g/mol. The average Bonchev–Trinajstić information content (AvgIpc) is 2.21. The Morgan fingerprint density at radius 1 is 1.53 bits per heavy atom. The Balaban J connectivity index is 2.62. The lowest BCUT2D eigenvalue weighted by Crippen LogP contribution is -2.36. The fraction of sp³-hybridized carbons (Fsp3) is 0.364. The molecule has 4 heteroatoms. The highest BCUT2D eigenvalue weighted by Crippen LogP contribution is 2.24. The van der Waals surface area contributed by atoms with Gasteiger partial charge in [0.1, 0.15) is 5.75 Å². The Morgan fingerprint density at radius 2 is 2.20 bits per heavy atom. The van der Waals surface area contributed by atoms with E-state index < -0.39 is 6.10 Å². The van der Waals surface area contributed by atoms with Crippen LogP contribution in [0.4, 0.5) is 0 Å². The minimum Gasteiger partial charge on any atom is -0.479 e. The van der Waals surface area contributed by atoms with Gasteiger partial charge in [0.05, 0.1) is 5.02 Å². The standard InChI is InChI=1S/C11H14ClNO2/c1-3-13-11(14)8(2)15-10-7-5-4-6-9(10)12/h4-8H,3H2,1-2H3,(H,13,14)/t8-/m1/s1. The number of carbonyl (C=O) groups is 1. The topological polar surface area (TPSA) is 38.3 Å². The number of benzene rings is 1. The van der Waals surface area contributed by atoms with Crippen LogP contribution in [0, 0.1) is 0 Å². The summed E-state index contributed by atoms with van der Waals surface area (Å²) in [4.78, 5) is 11.4. The molecule has 0 saturated heterocycles. The molecule has 0 fully saturated rings. The van der Waals surface area contributed by atoms with Crippen LogP contribution in [0.5, 0.6) is 5.75 Å². The van der Waals surface area contributed by atoms with Crippen LogP contribution < -0.4 is 10.1 Å². The second-order valence-electron chi connectivity index (χ2n) is 3.09. The van der Waals surface area contributed by atoms with Crippen LogP contribution in [0.15, 0.2) is 24.3 Å². The first kappa shape index (κ1) is 11.9. The normalized spacial score (nSPS) is 11.9. The van der Waals surface area contributed by atoms with Crippen LogP contribution >= 0.6 is 11.6 Å². The summed E-state index contributed by atoms with van der Waals surface area (Å²) in [5, 5.41) is 3.19. The van der Waals surface area contributed by atoms with Gasteiger partial charge >= 0.3 is 0 Å². The molecule has 1 aromatic carbocycles. The Hall–Kier alpha value is -1.22. The number of nitrogens with one attached hydrogen (secondary N) is 1. The molecule has 0 bridgehead atoms. The molecular formula is C11H14ClNO2. The maximum Gasteiger partial charge on any atom is 0.260 e. The second kappa shape index (κ2) is 5.61. The van der Waals surface area contributed by atoms with Crippen molar-refractivity contribution in [2.45, 2.75) is 20.0 Å². The van der Waals surface area contributed by atoms with Crippen LogP contribution in [0.1, 0.15) is 13.8 Å². The zero-order chi connectivity index (χ0) is 11.3. The predicted molar refractivity (Wildman–Crippen MR) is 60.2 cm³/mol. The van der Waals surface area contributed by atoms with Crippen molar-refractivity contribution >= 4 is 17.5 Å². The van der Waals surface area contributed by atoms with Gasteiger partial charge in [-0.15, -0.1) is 0 Å². The third-order valence-corrected chi connectivity index (χ3v) is 2.17. The quantitative estimate of drug-likeness (QED) is 0.857. The highest BCUT2D eigenvalue weighted by atomic mass is 35.5. The number of likely N-dealkylation sites (N-methyl/N-ethyl adjacent to an activating group) is 1. The van der Waals surface area contributed by atoms with E-state index >= 15 is 0 Å². The van der Waals surface area contributed by atoms with E-state index in [-0.39, 0.29) is 5.91 Å². The average molecular weight is 228 g/mol. The number of hydrogen-bond donors (Lipinski definition) is 1. The van der Waals surface area contributed by atoms with Crippen molar-refractivity contribution in [1.82, 2.24) is 5.32 Å². The van der Waals surface area contributed by atoms with Crippen molar-refractivity contribution in [3.63, 3.8) is 0 Å². The number of amides is 1. The minimum atomic E-state index is -0.537. The van der Waals surface area contributed by atoms with Gasteiger partial charge in [-0.1, -0.05) is 23.7 Å². The van der Waals surface area contributed by atoms with E-state index in [4.69, 9.17) is 16.3 Å². The third-order valence-electron chi connectivity index (χ3n) is 1.86. The maximum absolute atomic E-state index is 11.4. The summed E-state index contributed by atoms with van der Waals surface area (Å²) < 4.78 is 5.42. The fourth-order valence-corrected chi connectivity index (χ4v) is 1.28. The number of hydrogen-bond acceptors (Lipinski definition) is 2. The molecule has 1 aromatic rings. The molecule has 0 spiro atoms. The van der Waals surface area contributed by atoms with E-state index in [9.17, 15) is 4.79 Å². The molecule has 0 saturated carbocycles. The lowest BCUT2D eigenvalue weighted by molar-refractivity contribution is -0.127. The Kier molecular flexibility index (Phi) is 4.43. The van der Waals surface area contributed by atoms with Crippen LogP contribution in [0.3, 0.4) is 0 Å².